The maximum absolute atomic E-state index is 12.4. The number of cyclic esters (lactones) is 1. The summed E-state index contributed by atoms with van der Waals surface area (Å²) >= 11 is 0. The number of ether oxygens (including phenoxy) is 5. The zero-order valence-corrected chi connectivity index (χ0v) is 18.2. The molecule has 0 bridgehead atoms. The molecule has 1 aliphatic heterocycles. The third-order valence-corrected chi connectivity index (χ3v) is 5.58. The minimum Gasteiger partial charge on any atom is -0.488 e. The molecule has 1 aliphatic carbocycles. The van der Waals surface area contributed by atoms with E-state index in [1.807, 2.05) is 0 Å². The second kappa shape index (κ2) is 9.47. The van der Waals surface area contributed by atoms with Crippen LogP contribution in [-0.4, -0.2) is 58.5 Å². The molecule has 4 rings (SSSR count). The fourth-order valence-corrected chi connectivity index (χ4v) is 3.69. The van der Waals surface area contributed by atoms with E-state index in [1.54, 1.807) is 25.1 Å². The number of hydrogen-bond acceptors (Lipinski definition) is 11. The number of esters is 2. The molecule has 182 valence electrons. The Hall–Kier alpha value is -3.38. The van der Waals surface area contributed by atoms with Gasteiger partial charge in [0.2, 0.25) is 5.75 Å². The molecule has 34 heavy (non-hydrogen) atoms. The Kier molecular flexibility index (Phi) is 6.62. The first-order valence-electron chi connectivity index (χ1n) is 10.6. The SMILES string of the molecule is CCOC(=O)C1(COc2c(-c3ccc4c(c3)COC4=O)ccc(OC(O)O)c2OC(O)O)CC1. The van der Waals surface area contributed by atoms with E-state index in [0.29, 0.717) is 35.1 Å². The Labute approximate surface area is 194 Å². The first kappa shape index (κ1) is 23.8. The van der Waals surface area contributed by atoms with Gasteiger partial charge in [0.25, 0.3) is 0 Å². The summed E-state index contributed by atoms with van der Waals surface area (Å²) in [7, 11) is 0. The molecule has 4 N–H and O–H groups in total. The van der Waals surface area contributed by atoms with Gasteiger partial charge in [-0.3, -0.25) is 4.79 Å². The largest absolute Gasteiger partial charge is 0.488 e. The van der Waals surface area contributed by atoms with Crippen LogP contribution in [-0.2, 0) is 20.9 Å². The van der Waals surface area contributed by atoms with E-state index in [2.05, 4.69) is 0 Å². The van der Waals surface area contributed by atoms with Crippen LogP contribution in [0.2, 0.25) is 0 Å². The van der Waals surface area contributed by atoms with Gasteiger partial charge in [-0.05, 0) is 49.6 Å². The first-order chi connectivity index (χ1) is 16.2. The monoisotopic (exact) mass is 476 g/mol. The highest BCUT2D eigenvalue weighted by Crippen LogP contribution is 2.50. The van der Waals surface area contributed by atoms with Gasteiger partial charge in [-0.2, -0.15) is 0 Å². The Balaban J connectivity index is 1.77. The second-order valence-corrected chi connectivity index (χ2v) is 7.90. The van der Waals surface area contributed by atoms with Crippen molar-refractivity contribution in [1.82, 2.24) is 0 Å². The Morgan fingerprint density at radius 1 is 1.03 bits per heavy atom. The molecule has 0 saturated heterocycles. The van der Waals surface area contributed by atoms with Gasteiger partial charge in [-0.15, -0.1) is 0 Å². The van der Waals surface area contributed by atoms with Crippen molar-refractivity contribution in [3.05, 3.63) is 41.5 Å². The smallest absolute Gasteiger partial charge is 0.338 e. The summed E-state index contributed by atoms with van der Waals surface area (Å²) < 4.78 is 26.2. The highest BCUT2D eigenvalue weighted by atomic mass is 16.8. The summed E-state index contributed by atoms with van der Waals surface area (Å²) in [4.78, 5) is 24.2. The molecule has 1 fully saturated rings. The van der Waals surface area contributed by atoms with E-state index in [-0.39, 0.29) is 37.1 Å². The second-order valence-electron chi connectivity index (χ2n) is 7.90. The average Bonchev–Trinajstić information content (AvgIpc) is 3.50. The molecule has 0 amide bonds. The van der Waals surface area contributed by atoms with E-state index >= 15 is 0 Å². The average molecular weight is 476 g/mol. The molecule has 0 spiro atoms. The summed E-state index contributed by atoms with van der Waals surface area (Å²) in [5, 5.41) is 37.5. The normalized spacial score (nSPS) is 15.7. The third kappa shape index (κ3) is 4.77. The number of carbonyl (C=O) groups is 2. The molecule has 0 aromatic heterocycles. The standard InChI is InChI=1S/C23H24O11/c1-2-30-20(25)23(7-8-23)11-32-17-14(12-3-4-15-13(9-12)10-31-19(15)24)5-6-16(33-21(26)27)18(17)34-22(28)29/h3-6,9,21-22,26-29H,2,7-8,10-11H2,1H3. The van der Waals surface area contributed by atoms with Crippen molar-refractivity contribution >= 4 is 11.9 Å². The van der Waals surface area contributed by atoms with Crippen molar-refractivity contribution < 1.29 is 53.7 Å². The van der Waals surface area contributed by atoms with Crippen molar-refractivity contribution in [3.8, 4) is 28.4 Å². The Morgan fingerprint density at radius 2 is 1.74 bits per heavy atom. The van der Waals surface area contributed by atoms with Crippen LogP contribution in [0.5, 0.6) is 17.2 Å². The molecule has 1 saturated carbocycles. The predicted octanol–water partition coefficient (Wildman–Crippen LogP) is 1.04. The van der Waals surface area contributed by atoms with Gasteiger partial charge in [-0.25, -0.2) is 4.79 Å². The number of hydrogen-bond donors (Lipinski definition) is 4. The summed E-state index contributed by atoms with van der Waals surface area (Å²) in [6.07, 6.45) is 1.09. The number of aliphatic hydroxyl groups excluding tert-OH is 2. The van der Waals surface area contributed by atoms with Crippen LogP contribution in [0.25, 0.3) is 11.1 Å². The number of aliphatic hydroxyl groups is 4. The maximum Gasteiger partial charge on any atom is 0.338 e. The van der Waals surface area contributed by atoms with E-state index in [9.17, 15) is 30.0 Å². The number of fused-ring (bicyclic) bond motifs is 1. The summed E-state index contributed by atoms with van der Waals surface area (Å²) in [6.45, 7) is -2.61. The van der Waals surface area contributed by atoms with Crippen molar-refractivity contribution in [1.29, 1.82) is 0 Å². The maximum atomic E-state index is 12.4. The van der Waals surface area contributed by atoms with Crippen molar-refractivity contribution in [2.45, 2.75) is 39.3 Å². The highest BCUT2D eigenvalue weighted by molar-refractivity contribution is 5.94. The minimum atomic E-state index is -2.29. The summed E-state index contributed by atoms with van der Waals surface area (Å²) in [5.74, 6) is -1.45. The predicted molar refractivity (Wildman–Crippen MR) is 112 cm³/mol. The van der Waals surface area contributed by atoms with Gasteiger partial charge < -0.3 is 44.1 Å². The fraction of sp³-hybridized carbons (Fsp3) is 0.391. The lowest BCUT2D eigenvalue weighted by Crippen LogP contribution is -2.26. The lowest BCUT2D eigenvalue weighted by atomic mass is 9.99. The molecule has 1 heterocycles. The summed E-state index contributed by atoms with van der Waals surface area (Å²) in [6, 6.07) is 7.81. The first-order valence-corrected chi connectivity index (χ1v) is 10.6. The van der Waals surface area contributed by atoms with Gasteiger partial charge in [-0.1, -0.05) is 6.07 Å². The zero-order chi connectivity index (χ0) is 24.5. The third-order valence-electron chi connectivity index (χ3n) is 5.58. The number of benzene rings is 2. The number of rotatable bonds is 10. The molecule has 0 unspecified atom stereocenters. The van der Waals surface area contributed by atoms with Gasteiger partial charge in [0, 0.05) is 11.1 Å². The molecule has 2 aromatic carbocycles. The fourth-order valence-electron chi connectivity index (χ4n) is 3.69. The number of carbonyl (C=O) groups excluding carboxylic acids is 2. The summed E-state index contributed by atoms with van der Waals surface area (Å²) in [5.41, 5.74) is 1.19. The van der Waals surface area contributed by atoms with Crippen LogP contribution >= 0.6 is 0 Å². The van der Waals surface area contributed by atoms with E-state index < -0.39 is 30.3 Å². The van der Waals surface area contributed by atoms with E-state index in [1.165, 1.54) is 12.1 Å². The van der Waals surface area contributed by atoms with Crippen LogP contribution in [0.3, 0.4) is 0 Å². The molecular formula is C23H24O11. The van der Waals surface area contributed by atoms with Crippen molar-refractivity contribution in [3.63, 3.8) is 0 Å². The van der Waals surface area contributed by atoms with E-state index in [4.69, 9.17) is 23.7 Å². The van der Waals surface area contributed by atoms with Gasteiger partial charge in [0.15, 0.2) is 11.5 Å². The quantitative estimate of drug-likeness (QED) is 0.286. The van der Waals surface area contributed by atoms with E-state index in [0.717, 1.165) is 0 Å². The van der Waals surface area contributed by atoms with Gasteiger partial charge in [0.05, 0.1) is 12.2 Å². The minimum absolute atomic E-state index is 0.0352. The Morgan fingerprint density at radius 3 is 2.38 bits per heavy atom. The van der Waals surface area contributed by atoms with Crippen LogP contribution < -0.4 is 14.2 Å². The van der Waals surface area contributed by atoms with Crippen LogP contribution in [0.1, 0.15) is 35.7 Å². The van der Waals surface area contributed by atoms with Crippen molar-refractivity contribution in [2.24, 2.45) is 5.41 Å². The molecular weight excluding hydrogens is 452 g/mol. The highest BCUT2D eigenvalue weighted by Gasteiger charge is 2.52. The van der Waals surface area contributed by atoms with Crippen LogP contribution in [0.15, 0.2) is 30.3 Å². The molecule has 0 radical (unpaired) electrons. The zero-order valence-electron chi connectivity index (χ0n) is 18.2. The lowest BCUT2D eigenvalue weighted by molar-refractivity contribution is -0.193. The van der Waals surface area contributed by atoms with Gasteiger partial charge in [0.1, 0.15) is 18.6 Å². The molecule has 2 aliphatic rings. The lowest BCUT2D eigenvalue weighted by Gasteiger charge is -2.22. The van der Waals surface area contributed by atoms with Crippen molar-refractivity contribution in [2.75, 3.05) is 13.2 Å². The Bertz CT molecular complexity index is 1090. The van der Waals surface area contributed by atoms with Crippen LogP contribution in [0, 0.1) is 5.41 Å². The molecule has 0 atom stereocenters. The van der Waals surface area contributed by atoms with Crippen LogP contribution in [0.4, 0.5) is 0 Å². The molecule has 2 aromatic rings. The molecule has 11 nitrogen and oxygen atoms in total. The molecule has 11 heteroatoms. The van der Waals surface area contributed by atoms with Gasteiger partial charge >= 0.3 is 24.9 Å². The topological polar surface area (TPSA) is 161 Å².